The SMILES string of the molecule is CC1(C)OCC(c2cccc(C(C)(C)N)c2)O1. The summed E-state index contributed by atoms with van der Waals surface area (Å²) in [5, 5.41) is 0. The molecule has 2 N–H and O–H groups in total. The van der Waals surface area contributed by atoms with E-state index < -0.39 is 5.79 Å². The van der Waals surface area contributed by atoms with Gasteiger partial charge in [-0.15, -0.1) is 0 Å². The average Bonchev–Trinajstić information content (AvgIpc) is 2.58. The minimum Gasteiger partial charge on any atom is -0.347 e. The van der Waals surface area contributed by atoms with Gasteiger partial charge >= 0.3 is 0 Å². The number of nitrogens with two attached hydrogens (primary N) is 1. The van der Waals surface area contributed by atoms with Gasteiger partial charge in [0.05, 0.1) is 6.61 Å². The molecule has 3 heteroatoms. The van der Waals surface area contributed by atoms with Crippen LogP contribution in [0.5, 0.6) is 0 Å². The lowest BCUT2D eigenvalue weighted by Gasteiger charge is -2.21. The highest BCUT2D eigenvalue weighted by Crippen LogP contribution is 2.33. The van der Waals surface area contributed by atoms with Gasteiger partial charge < -0.3 is 15.2 Å². The molecule has 3 nitrogen and oxygen atoms in total. The van der Waals surface area contributed by atoms with E-state index in [0.717, 1.165) is 11.1 Å². The maximum absolute atomic E-state index is 6.11. The second kappa shape index (κ2) is 4.09. The molecule has 1 unspecified atom stereocenters. The van der Waals surface area contributed by atoms with E-state index in [2.05, 4.69) is 12.1 Å². The number of ether oxygens (including phenoxy) is 2. The Kier molecular flexibility index (Phi) is 3.02. The van der Waals surface area contributed by atoms with E-state index >= 15 is 0 Å². The number of hydrogen-bond acceptors (Lipinski definition) is 3. The van der Waals surface area contributed by atoms with Crippen molar-refractivity contribution in [3.05, 3.63) is 35.4 Å². The standard InChI is InChI=1S/C14H21NO2/c1-13(2,15)11-7-5-6-10(8-11)12-9-16-14(3,4)17-12/h5-8,12H,9,15H2,1-4H3. The van der Waals surface area contributed by atoms with E-state index in [9.17, 15) is 0 Å². The van der Waals surface area contributed by atoms with Crippen molar-refractivity contribution in [2.45, 2.75) is 45.1 Å². The minimum atomic E-state index is -0.487. The first-order valence-electron chi connectivity index (χ1n) is 5.99. The highest BCUT2D eigenvalue weighted by Gasteiger charge is 2.33. The lowest BCUT2D eigenvalue weighted by Crippen LogP contribution is -2.28. The summed E-state index contributed by atoms with van der Waals surface area (Å²) in [4.78, 5) is 0. The van der Waals surface area contributed by atoms with Gasteiger partial charge in [-0.3, -0.25) is 0 Å². The van der Waals surface area contributed by atoms with Crippen LogP contribution in [0.25, 0.3) is 0 Å². The van der Waals surface area contributed by atoms with Crippen molar-refractivity contribution < 1.29 is 9.47 Å². The molecule has 1 aliphatic heterocycles. The maximum Gasteiger partial charge on any atom is 0.163 e. The number of rotatable bonds is 2. The lowest BCUT2D eigenvalue weighted by atomic mass is 9.93. The Balaban J connectivity index is 2.23. The Morgan fingerprint density at radius 2 is 2.06 bits per heavy atom. The van der Waals surface area contributed by atoms with E-state index in [4.69, 9.17) is 15.2 Å². The fraction of sp³-hybridized carbons (Fsp3) is 0.571. The summed E-state index contributed by atoms with van der Waals surface area (Å²) in [6.07, 6.45) is 0.00676. The van der Waals surface area contributed by atoms with Crippen LogP contribution < -0.4 is 5.73 Å². The van der Waals surface area contributed by atoms with E-state index in [1.165, 1.54) is 0 Å². The van der Waals surface area contributed by atoms with Crippen LogP contribution in [-0.4, -0.2) is 12.4 Å². The molecular formula is C14H21NO2. The third-order valence-electron chi connectivity index (χ3n) is 3.01. The summed E-state index contributed by atoms with van der Waals surface area (Å²) in [6.45, 7) is 8.47. The zero-order chi connectivity index (χ0) is 12.7. The molecule has 0 radical (unpaired) electrons. The summed E-state index contributed by atoms with van der Waals surface area (Å²) < 4.78 is 11.4. The van der Waals surface area contributed by atoms with E-state index in [1.54, 1.807) is 0 Å². The van der Waals surface area contributed by atoms with Gasteiger partial charge in [0.2, 0.25) is 0 Å². The number of hydrogen-bond donors (Lipinski definition) is 1. The monoisotopic (exact) mass is 235 g/mol. The van der Waals surface area contributed by atoms with Gasteiger partial charge in [-0.2, -0.15) is 0 Å². The molecule has 1 aromatic carbocycles. The molecule has 1 heterocycles. The van der Waals surface area contributed by atoms with Gasteiger partial charge in [-0.25, -0.2) is 0 Å². The first kappa shape index (κ1) is 12.6. The molecule has 0 amide bonds. The summed E-state index contributed by atoms with van der Waals surface area (Å²) in [5.41, 5.74) is 8.02. The molecule has 94 valence electrons. The summed E-state index contributed by atoms with van der Waals surface area (Å²) >= 11 is 0. The van der Waals surface area contributed by atoms with E-state index in [-0.39, 0.29) is 11.6 Å². The topological polar surface area (TPSA) is 44.5 Å². The van der Waals surface area contributed by atoms with Crippen LogP contribution >= 0.6 is 0 Å². The van der Waals surface area contributed by atoms with Crippen LogP contribution in [0.1, 0.15) is 44.9 Å². The first-order valence-corrected chi connectivity index (χ1v) is 5.99. The lowest BCUT2D eigenvalue weighted by molar-refractivity contribution is -0.139. The largest absolute Gasteiger partial charge is 0.347 e. The molecule has 0 spiro atoms. The zero-order valence-corrected chi connectivity index (χ0v) is 11.0. The molecule has 1 atom stereocenters. The van der Waals surface area contributed by atoms with Gasteiger partial charge in [0.25, 0.3) is 0 Å². The Hall–Kier alpha value is -0.900. The van der Waals surface area contributed by atoms with Crippen molar-refractivity contribution in [2.24, 2.45) is 5.73 Å². The second-order valence-corrected chi connectivity index (χ2v) is 5.66. The molecule has 1 fully saturated rings. The maximum atomic E-state index is 6.11. The van der Waals surface area contributed by atoms with Gasteiger partial charge in [0, 0.05) is 5.54 Å². The molecule has 0 bridgehead atoms. The van der Waals surface area contributed by atoms with Crippen LogP contribution in [-0.2, 0) is 15.0 Å². The summed E-state index contributed by atoms with van der Waals surface area (Å²) in [6, 6.07) is 8.23. The quantitative estimate of drug-likeness (QED) is 0.857. The first-order chi connectivity index (χ1) is 7.78. The predicted octanol–water partition coefficient (Wildman–Crippen LogP) is 2.70. The smallest absolute Gasteiger partial charge is 0.163 e. The van der Waals surface area contributed by atoms with Gasteiger partial charge in [-0.1, -0.05) is 24.3 Å². The van der Waals surface area contributed by atoms with Crippen LogP contribution in [0.3, 0.4) is 0 Å². The van der Waals surface area contributed by atoms with Crippen molar-refractivity contribution in [1.82, 2.24) is 0 Å². The van der Waals surface area contributed by atoms with Gasteiger partial charge in [0.1, 0.15) is 6.10 Å². The van der Waals surface area contributed by atoms with Crippen molar-refractivity contribution >= 4 is 0 Å². The van der Waals surface area contributed by atoms with E-state index in [1.807, 2.05) is 39.8 Å². The molecule has 1 aliphatic rings. The highest BCUT2D eigenvalue weighted by atomic mass is 16.7. The third-order valence-corrected chi connectivity index (χ3v) is 3.01. The van der Waals surface area contributed by atoms with E-state index in [0.29, 0.717) is 6.61 Å². The summed E-state index contributed by atoms with van der Waals surface area (Å²) in [5.74, 6) is -0.487. The van der Waals surface area contributed by atoms with Crippen LogP contribution in [0, 0.1) is 0 Å². The average molecular weight is 235 g/mol. The second-order valence-electron chi connectivity index (χ2n) is 5.66. The summed E-state index contributed by atoms with van der Waals surface area (Å²) in [7, 11) is 0. The molecule has 1 aromatic rings. The highest BCUT2D eigenvalue weighted by molar-refractivity contribution is 5.30. The van der Waals surface area contributed by atoms with Crippen molar-refractivity contribution in [3.63, 3.8) is 0 Å². The minimum absolute atomic E-state index is 0.00676. The van der Waals surface area contributed by atoms with Crippen LogP contribution in [0.2, 0.25) is 0 Å². The Bertz CT molecular complexity index is 407. The van der Waals surface area contributed by atoms with Crippen molar-refractivity contribution in [3.8, 4) is 0 Å². The Labute approximate surface area is 103 Å². The molecule has 1 saturated heterocycles. The van der Waals surface area contributed by atoms with Crippen molar-refractivity contribution in [1.29, 1.82) is 0 Å². The normalized spacial score (nSPS) is 23.9. The Morgan fingerprint density at radius 3 is 2.59 bits per heavy atom. The third kappa shape index (κ3) is 2.86. The van der Waals surface area contributed by atoms with Crippen molar-refractivity contribution in [2.75, 3.05) is 6.61 Å². The molecule has 0 aliphatic carbocycles. The molecular weight excluding hydrogens is 214 g/mol. The van der Waals surface area contributed by atoms with Crippen LogP contribution in [0.15, 0.2) is 24.3 Å². The molecule has 2 rings (SSSR count). The predicted molar refractivity (Wildman–Crippen MR) is 67.5 cm³/mol. The van der Waals surface area contributed by atoms with Crippen LogP contribution in [0.4, 0.5) is 0 Å². The molecule has 0 aromatic heterocycles. The molecule has 17 heavy (non-hydrogen) atoms. The van der Waals surface area contributed by atoms with Gasteiger partial charge in [0.15, 0.2) is 5.79 Å². The zero-order valence-electron chi connectivity index (χ0n) is 11.0. The van der Waals surface area contributed by atoms with Gasteiger partial charge in [-0.05, 0) is 38.8 Å². The number of benzene rings is 1. The fourth-order valence-electron chi connectivity index (χ4n) is 1.99. The molecule has 0 saturated carbocycles. The Morgan fingerprint density at radius 1 is 1.35 bits per heavy atom. The fourth-order valence-corrected chi connectivity index (χ4v) is 1.99.